The van der Waals surface area contributed by atoms with E-state index in [0.717, 1.165) is 31.8 Å². The summed E-state index contributed by atoms with van der Waals surface area (Å²) in [5.41, 5.74) is 5.58. The van der Waals surface area contributed by atoms with E-state index in [4.69, 9.17) is 4.74 Å². The Morgan fingerprint density at radius 1 is 1.32 bits per heavy atom. The number of nitrogens with one attached hydrogen (secondary N) is 1. The minimum absolute atomic E-state index is 0.0654. The maximum absolute atomic E-state index is 11.8. The van der Waals surface area contributed by atoms with E-state index >= 15 is 0 Å². The van der Waals surface area contributed by atoms with E-state index in [9.17, 15) is 4.79 Å². The van der Waals surface area contributed by atoms with E-state index in [1.165, 1.54) is 0 Å². The molecule has 0 fully saturated rings. The first kappa shape index (κ1) is 16.7. The first-order chi connectivity index (χ1) is 10.5. The second-order valence-electron chi connectivity index (χ2n) is 4.92. The molecule has 6 heteroatoms. The molecule has 0 unspecified atom stereocenters. The maximum Gasteiger partial charge on any atom is 0.277 e. The van der Waals surface area contributed by atoms with Crippen LogP contribution in [0.25, 0.3) is 0 Å². The molecular formula is C16H17BrN2O2S. The van der Waals surface area contributed by atoms with Crippen LogP contribution in [0.4, 0.5) is 0 Å². The molecule has 0 atom stereocenters. The zero-order valence-corrected chi connectivity index (χ0v) is 15.0. The molecule has 0 radical (unpaired) electrons. The average Bonchev–Trinajstić information content (AvgIpc) is 2.83. The zero-order chi connectivity index (χ0) is 16.1. The van der Waals surface area contributed by atoms with Gasteiger partial charge in [-0.2, -0.15) is 5.10 Å². The fourth-order valence-electron chi connectivity index (χ4n) is 1.97. The van der Waals surface area contributed by atoms with Crippen LogP contribution in [0.5, 0.6) is 5.75 Å². The summed E-state index contributed by atoms with van der Waals surface area (Å²) >= 11 is 5.01. The van der Waals surface area contributed by atoms with Gasteiger partial charge in [0.05, 0.1) is 6.21 Å². The fourth-order valence-corrected chi connectivity index (χ4v) is 3.45. The van der Waals surface area contributed by atoms with Gasteiger partial charge in [-0.25, -0.2) is 5.43 Å². The lowest BCUT2D eigenvalue weighted by atomic mass is 10.1. The Hall–Kier alpha value is -1.66. The molecule has 0 aliphatic heterocycles. The Morgan fingerprint density at radius 3 is 2.59 bits per heavy atom. The predicted molar refractivity (Wildman–Crippen MR) is 93.9 cm³/mol. The van der Waals surface area contributed by atoms with Crippen molar-refractivity contribution in [3.05, 3.63) is 49.6 Å². The predicted octanol–water partition coefficient (Wildman–Crippen LogP) is 3.96. The molecule has 4 nitrogen and oxygen atoms in total. The van der Waals surface area contributed by atoms with E-state index in [1.54, 1.807) is 17.6 Å². The van der Waals surface area contributed by atoms with E-state index in [2.05, 4.69) is 26.5 Å². The van der Waals surface area contributed by atoms with Crippen LogP contribution in [0.2, 0.25) is 0 Å². The van der Waals surface area contributed by atoms with Crippen LogP contribution < -0.4 is 10.2 Å². The van der Waals surface area contributed by atoms with Gasteiger partial charge < -0.3 is 4.74 Å². The van der Waals surface area contributed by atoms with Crippen molar-refractivity contribution in [3.63, 3.8) is 0 Å². The Bertz CT molecular complexity index is 687. The first-order valence-electron chi connectivity index (χ1n) is 6.73. The quantitative estimate of drug-likeness (QED) is 0.630. The summed E-state index contributed by atoms with van der Waals surface area (Å²) in [5.74, 6) is 0.448. The molecule has 0 aliphatic carbocycles. The van der Waals surface area contributed by atoms with Crippen molar-refractivity contribution in [2.24, 2.45) is 5.10 Å². The third-order valence-corrected chi connectivity index (χ3v) is 4.46. The zero-order valence-electron chi connectivity index (χ0n) is 12.6. The molecule has 0 bridgehead atoms. The smallest absolute Gasteiger partial charge is 0.277 e. The van der Waals surface area contributed by atoms with Crippen molar-refractivity contribution < 1.29 is 9.53 Å². The number of thiophene rings is 1. The number of ether oxygens (including phenoxy) is 1. The van der Waals surface area contributed by atoms with Crippen LogP contribution in [-0.4, -0.2) is 18.7 Å². The second kappa shape index (κ2) is 7.56. The molecule has 0 spiro atoms. The summed E-state index contributed by atoms with van der Waals surface area (Å²) in [4.78, 5) is 12.8. The van der Waals surface area contributed by atoms with Crippen molar-refractivity contribution in [3.8, 4) is 5.75 Å². The van der Waals surface area contributed by atoms with E-state index < -0.39 is 0 Å². The molecule has 2 aromatic rings. The largest absolute Gasteiger partial charge is 0.483 e. The van der Waals surface area contributed by atoms with Gasteiger partial charge in [0.15, 0.2) is 6.61 Å². The number of rotatable bonds is 5. The molecule has 1 heterocycles. The highest BCUT2D eigenvalue weighted by molar-refractivity contribution is 9.10. The number of nitrogens with zero attached hydrogens (tertiary/aromatic N) is 1. The SMILES string of the molecule is Cc1ccsc1/C=N/NC(=O)COc1c(C)cc(Br)cc1C. The molecule has 1 aromatic heterocycles. The summed E-state index contributed by atoms with van der Waals surface area (Å²) in [5, 5.41) is 5.93. The Morgan fingerprint density at radius 2 is 2.00 bits per heavy atom. The van der Waals surface area contributed by atoms with Crippen molar-refractivity contribution in [2.75, 3.05) is 6.61 Å². The molecule has 116 valence electrons. The van der Waals surface area contributed by atoms with Crippen LogP contribution in [-0.2, 0) is 4.79 Å². The lowest BCUT2D eigenvalue weighted by molar-refractivity contribution is -0.123. The van der Waals surface area contributed by atoms with Crippen LogP contribution >= 0.6 is 27.3 Å². The number of hydrogen-bond donors (Lipinski definition) is 1. The summed E-state index contributed by atoms with van der Waals surface area (Å²) in [6, 6.07) is 5.92. The normalized spacial score (nSPS) is 10.9. The number of hydrogen-bond acceptors (Lipinski definition) is 4. The number of carbonyl (C=O) groups excluding carboxylic acids is 1. The van der Waals surface area contributed by atoms with Gasteiger partial charge in [-0.3, -0.25) is 4.79 Å². The maximum atomic E-state index is 11.8. The molecular weight excluding hydrogens is 364 g/mol. The van der Waals surface area contributed by atoms with Crippen LogP contribution in [0.1, 0.15) is 21.6 Å². The summed E-state index contributed by atoms with van der Waals surface area (Å²) in [7, 11) is 0. The third-order valence-electron chi connectivity index (χ3n) is 3.05. The topological polar surface area (TPSA) is 50.7 Å². The van der Waals surface area contributed by atoms with Crippen LogP contribution in [0.3, 0.4) is 0 Å². The first-order valence-corrected chi connectivity index (χ1v) is 8.40. The number of aryl methyl sites for hydroxylation is 3. The molecule has 1 amide bonds. The summed E-state index contributed by atoms with van der Waals surface area (Å²) in [6.45, 7) is 5.83. The number of amides is 1. The highest BCUT2D eigenvalue weighted by Gasteiger charge is 2.08. The van der Waals surface area contributed by atoms with E-state index in [1.807, 2.05) is 44.4 Å². The summed E-state index contributed by atoms with van der Waals surface area (Å²) < 4.78 is 6.59. The molecule has 0 saturated carbocycles. The van der Waals surface area contributed by atoms with Gasteiger partial charge in [0.2, 0.25) is 0 Å². The van der Waals surface area contributed by atoms with Gasteiger partial charge in [-0.15, -0.1) is 11.3 Å². The Labute approximate surface area is 142 Å². The van der Waals surface area contributed by atoms with Crippen molar-refractivity contribution in [1.29, 1.82) is 0 Å². The van der Waals surface area contributed by atoms with Crippen molar-refractivity contribution >= 4 is 39.4 Å². The van der Waals surface area contributed by atoms with Gasteiger partial charge in [0.25, 0.3) is 5.91 Å². The number of hydrazone groups is 1. The van der Waals surface area contributed by atoms with Gasteiger partial charge in [0, 0.05) is 9.35 Å². The third kappa shape index (κ3) is 4.42. The molecule has 0 saturated heterocycles. The summed E-state index contributed by atoms with van der Waals surface area (Å²) in [6.07, 6.45) is 1.65. The lowest BCUT2D eigenvalue weighted by Crippen LogP contribution is -2.25. The molecule has 2 rings (SSSR count). The van der Waals surface area contributed by atoms with E-state index in [-0.39, 0.29) is 12.5 Å². The highest BCUT2D eigenvalue weighted by Crippen LogP contribution is 2.27. The van der Waals surface area contributed by atoms with Crippen LogP contribution in [0, 0.1) is 20.8 Å². The number of halogens is 1. The van der Waals surface area contributed by atoms with Gasteiger partial charge in [-0.05, 0) is 61.0 Å². The minimum Gasteiger partial charge on any atom is -0.483 e. The molecule has 1 N–H and O–H groups in total. The van der Waals surface area contributed by atoms with Crippen LogP contribution in [0.15, 0.2) is 33.2 Å². The van der Waals surface area contributed by atoms with Gasteiger partial charge in [0.1, 0.15) is 5.75 Å². The molecule has 1 aromatic carbocycles. The number of benzene rings is 1. The van der Waals surface area contributed by atoms with E-state index in [0.29, 0.717) is 0 Å². The molecule has 0 aliphatic rings. The van der Waals surface area contributed by atoms with Crippen molar-refractivity contribution in [2.45, 2.75) is 20.8 Å². The fraction of sp³-hybridized carbons (Fsp3) is 0.250. The monoisotopic (exact) mass is 380 g/mol. The standard InChI is InChI=1S/C16H17BrN2O2S/c1-10-4-5-22-14(10)8-18-19-15(20)9-21-16-11(2)6-13(17)7-12(16)3/h4-8H,9H2,1-3H3,(H,19,20)/b18-8+. The Kier molecular flexibility index (Phi) is 5.74. The average molecular weight is 381 g/mol. The number of carbonyl (C=O) groups is 1. The van der Waals surface area contributed by atoms with Gasteiger partial charge >= 0.3 is 0 Å². The minimum atomic E-state index is -0.285. The highest BCUT2D eigenvalue weighted by atomic mass is 79.9. The molecule has 22 heavy (non-hydrogen) atoms. The lowest BCUT2D eigenvalue weighted by Gasteiger charge is -2.11. The Balaban J connectivity index is 1.88. The van der Waals surface area contributed by atoms with Crippen molar-refractivity contribution in [1.82, 2.24) is 5.43 Å². The second-order valence-corrected chi connectivity index (χ2v) is 6.78. The van der Waals surface area contributed by atoms with Gasteiger partial charge in [-0.1, -0.05) is 15.9 Å².